The molecule has 2 N–H and O–H groups in total. The molecule has 0 radical (unpaired) electrons. The van der Waals surface area contributed by atoms with Gasteiger partial charge in [0, 0.05) is 20.1 Å². The monoisotopic (exact) mass is 262 g/mol. The Hall–Kier alpha value is -1.39. The highest BCUT2D eigenvalue weighted by Gasteiger charge is 2.46. The Morgan fingerprint density at radius 2 is 2.11 bits per heavy atom. The number of amides is 1. The van der Waals surface area contributed by atoms with Gasteiger partial charge in [0.2, 0.25) is 5.91 Å². The number of nitrogens with zero attached hydrogens (tertiary/aromatic N) is 1. The standard InChI is InChI=1S/C15H22N2O2/c1-12-5-3-4-6-13(12)7-8-17(2)14(18)15(9-16)10-19-11-15/h3-6H,7-11,16H2,1-2H3. The molecule has 4 heteroatoms. The fraction of sp³-hybridized carbons (Fsp3) is 0.533. The lowest BCUT2D eigenvalue weighted by atomic mass is 9.84. The Labute approximate surface area is 114 Å². The van der Waals surface area contributed by atoms with Gasteiger partial charge < -0.3 is 15.4 Å². The van der Waals surface area contributed by atoms with E-state index < -0.39 is 5.41 Å². The lowest BCUT2D eigenvalue weighted by Gasteiger charge is -2.41. The maximum absolute atomic E-state index is 12.4. The SMILES string of the molecule is Cc1ccccc1CCN(C)C(=O)C1(CN)COC1. The number of rotatable bonds is 5. The molecular formula is C15H22N2O2. The predicted octanol–water partition coefficient (Wildman–Crippen LogP) is 0.971. The fourth-order valence-corrected chi connectivity index (χ4v) is 2.36. The van der Waals surface area contributed by atoms with E-state index in [9.17, 15) is 4.79 Å². The van der Waals surface area contributed by atoms with E-state index in [0.717, 1.165) is 6.42 Å². The number of carbonyl (C=O) groups excluding carboxylic acids is 1. The highest BCUT2D eigenvalue weighted by molar-refractivity contribution is 5.84. The Bertz CT molecular complexity index is 450. The molecule has 1 aromatic carbocycles. The van der Waals surface area contributed by atoms with Crippen LogP contribution in [0.2, 0.25) is 0 Å². The summed E-state index contributed by atoms with van der Waals surface area (Å²) in [7, 11) is 1.84. The highest BCUT2D eigenvalue weighted by Crippen LogP contribution is 2.28. The molecule has 0 unspecified atom stereocenters. The number of hydrogen-bond acceptors (Lipinski definition) is 3. The van der Waals surface area contributed by atoms with E-state index in [1.165, 1.54) is 11.1 Å². The Balaban J connectivity index is 1.93. The summed E-state index contributed by atoms with van der Waals surface area (Å²) in [5.74, 6) is 0.106. The molecule has 104 valence electrons. The zero-order chi connectivity index (χ0) is 13.9. The van der Waals surface area contributed by atoms with Gasteiger partial charge in [0.05, 0.1) is 13.2 Å². The van der Waals surface area contributed by atoms with Crippen molar-refractivity contribution in [1.29, 1.82) is 0 Å². The van der Waals surface area contributed by atoms with Gasteiger partial charge in [-0.1, -0.05) is 24.3 Å². The van der Waals surface area contributed by atoms with Crippen LogP contribution in [0.15, 0.2) is 24.3 Å². The van der Waals surface area contributed by atoms with E-state index in [0.29, 0.717) is 26.3 Å². The van der Waals surface area contributed by atoms with E-state index in [4.69, 9.17) is 10.5 Å². The average molecular weight is 262 g/mol. The smallest absolute Gasteiger partial charge is 0.234 e. The van der Waals surface area contributed by atoms with Crippen molar-refractivity contribution >= 4 is 5.91 Å². The van der Waals surface area contributed by atoms with E-state index in [1.54, 1.807) is 4.90 Å². The molecule has 1 aliphatic rings. The van der Waals surface area contributed by atoms with Crippen LogP contribution in [-0.2, 0) is 16.0 Å². The minimum Gasteiger partial charge on any atom is -0.379 e. The lowest BCUT2D eigenvalue weighted by Crippen LogP contribution is -2.58. The molecule has 0 aromatic heterocycles. The number of ether oxygens (including phenoxy) is 1. The van der Waals surface area contributed by atoms with Crippen LogP contribution in [0.3, 0.4) is 0 Å². The second-order valence-electron chi connectivity index (χ2n) is 5.38. The molecule has 1 amide bonds. The van der Waals surface area contributed by atoms with Crippen LogP contribution in [0.25, 0.3) is 0 Å². The first-order valence-electron chi connectivity index (χ1n) is 6.67. The summed E-state index contributed by atoms with van der Waals surface area (Å²) >= 11 is 0. The van der Waals surface area contributed by atoms with Gasteiger partial charge >= 0.3 is 0 Å². The summed E-state index contributed by atoms with van der Waals surface area (Å²) in [6.45, 7) is 4.08. The minimum absolute atomic E-state index is 0.106. The molecule has 1 aromatic rings. The summed E-state index contributed by atoms with van der Waals surface area (Å²) in [4.78, 5) is 14.1. The van der Waals surface area contributed by atoms with Gasteiger partial charge in [0.1, 0.15) is 5.41 Å². The van der Waals surface area contributed by atoms with E-state index in [-0.39, 0.29) is 5.91 Å². The maximum atomic E-state index is 12.4. The van der Waals surface area contributed by atoms with Crippen molar-refractivity contribution in [3.8, 4) is 0 Å². The fourth-order valence-electron chi connectivity index (χ4n) is 2.36. The first-order valence-corrected chi connectivity index (χ1v) is 6.67. The zero-order valence-corrected chi connectivity index (χ0v) is 11.7. The van der Waals surface area contributed by atoms with Crippen LogP contribution in [0, 0.1) is 12.3 Å². The normalized spacial score (nSPS) is 16.8. The molecule has 0 atom stereocenters. The molecule has 1 saturated heterocycles. The van der Waals surface area contributed by atoms with Crippen molar-refractivity contribution in [2.24, 2.45) is 11.1 Å². The number of likely N-dealkylation sites (N-methyl/N-ethyl adjacent to an activating group) is 1. The third kappa shape index (κ3) is 2.80. The van der Waals surface area contributed by atoms with Crippen LogP contribution in [0.4, 0.5) is 0 Å². The molecule has 0 aliphatic carbocycles. The number of nitrogens with two attached hydrogens (primary N) is 1. The molecular weight excluding hydrogens is 240 g/mol. The second-order valence-corrected chi connectivity index (χ2v) is 5.38. The van der Waals surface area contributed by atoms with Gasteiger partial charge in [-0.2, -0.15) is 0 Å². The van der Waals surface area contributed by atoms with Gasteiger partial charge in [-0.25, -0.2) is 0 Å². The molecule has 1 fully saturated rings. The Morgan fingerprint density at radius 1 is 1.42 bits per heavy atom. The summed E-state index contributed by atoms with van der Waals surface area (Å²) in [5.41, 5.74) is 7.79. The lowest BCUT2D eigenvalue weighted by molar-refractivity contribution is -0.169. The molecule has 1 heterocycles. The summed E-state index contributed by atoms with van der Waals surface area (Å²) < 4.78 is 5.15. The molecule has 2 rings (SSSR count). The number of hydrogen-bond donors (Lipinski definition) is 1. The van der Waals surface area contributed by atoms with Crippen molar-refractivity contribution in [1.82, 2.24) is 4.90 Å². The second kappa shape index (κ2) is 5.72. The van der Waals surface area contributed by atoms with Gasteiger partial charge in [-0.3, -0.25) is 4.79 Å². The molecule has 0 bridgehead atoms. The summed E-state index contributed by atoms with van der Waals surface area (Å²) in [6, 6.07) is 8.27. The largest absolute Gasteiger partial charge is 0.379 e. The van der Waals surface area contributed by atoms with Crippen LogP contribution in [0.5, 0.6) is 0 Å². The third-order valence-electron chi connectivity index (χ3n) is 3.93. The summed E-state index contributed by atoms with van der Waals surface area (Å²) in [5, 5.41) is 0. The molecule has 4 nitrogen and oxygen atoms in total. The van der Waals surface area contributed by atoms with Crippen molar-refractivity contribution in [2.45, 2.75) is 13.3 Å². The average Bonchev–Trinajstić information content (AvgIpc) is 2.36. The Morgan fingerprint density at radius 3 is 2.63 bits per heavy atom. The van der Waals surface area contributed by atoms with E-state index in [2.05, 4.69) is 19.1 Å². The van der Waals surface area contributed by atoms with Crippen molar-refractivity contribution in [2.75, 3.05) is 33.4 Å². The molecule has 1 aliphatic heterocycles. The molecule has 19 heavy (non-hydrogen) atoms. The first-order chi connectivity index (χ1) is 9.09. The molecule has 0 spiro atoms. The predicted molar refractivity (Wildman–Crippen MR) is 74.8 cm³/mol. The van der Waals surface area contributed by atoms with Crippen LogP contribution in [0.1, 0.15) is 11.1 Å². The van der Waals surface area contributed by atoms with Crippen LogP contribution < -0.4 is 5.73 Å². The maximum Gasteiger partial charge on any atom is 0.234 e. The van der Waals surface area contributed by atoms with Crippen LogP contribution in [-0.4, -0.2) is 44.2 Å². The molecule has 0 saturated carbocycles. The quantitative estimate of drug-likeness (QED) is 0.860. The Kier molecular flexibility index (Phi) is 4.22. The van der Waals surface area contributed by atoms with Gasteiger partial charge in [0.15, 0.2) is 0 Å². The summed E-state index contributed by atoms with van der Waals surface area (Å²) in [6.07, 6.45) is 0.871. The van der Waals surface area contributed by atoms with E-state index in [1.807, 2.05) is 19.2 Å². The van der Waals surface area contributed by atoms with Crippen molar-refractivity contribution in [3.63, 3.8) is 0 Å². The number of aryl methyl sites for hydroxylation is 1. The number of carbonyl (C=O) groups is 1. The minimum atomic E-state index is -0.472. The van der Waals surface area contributed by atoms with Gasteiger partial charge in [0.25, 0.3) is 0 Å². The van der Waals surface area contributed by atoms with Crippen molar-refractivity contribution < 1.29 is 9.53 Å². The third-order valence-corrected chi connectivity index (χ3v) is 3.93. The van der Waals surface area contributed by atoms with Crippen molar-refractivity contribution in [3.05, 3.63) is 35.4 Å². The number of benzene rings is 1. The van der Waals surface area contributed by atoms with Gasteiger partial charge in [-0.05, 0) is 24.5 Å². The highest BCUT2D eigenvalue weighted by atomic mass is 16.5. The first kappa shape index (κ1) is 14.0. The zero-order valence-electron chi connectivity index (χ0n) is 11.7. The van der Waals surface area contributed by atoms with Gasteiger partial charge in [-0.15, -0.1) is 0 Å². The van der Waals surface area contributed by atoms with E-state index >= 15 is 0 Å². The van der Waals surface area contributed by atoms with Crippen LogP contribution >= 0.6 is 0 Å². The topological polar surface area (TPSA) is 55.6 Å².